The lowest BCUT2D eigenvalue weighted by Gasteiger charge is -2.28. The molecule has 4 aromatic rings. The predicted molar refractivity (Wildman–Crippen MR) is 137 cm³/mol. The highest BCUT2D eigenvalue weighted by Gasteiger charge is 2.22. The molecule has 3 aromatic carbocycles. The molecule has 0 fully saturated rings. The van der Waals surface area contributed by atoms with Crippen LogP contribution < -0.4 is 5.32 Å². The Morgan fingerprint density at radius 2 is 1.63 bits per heavy atom. The minimum Gasteiger partial charge on any atom is -0.337 e. The number of amides is 2. The number of fused-ring (bicyclic) bond motifs is 1. The van der Waals surface area contributed by atoms with E-state index >= 15 is 0 Å². The van der Waals surface area contributed by atoms with Crippen molar-refractivity contribution in [1.29, 1.82) is 0 Å². The number of thioether (sulfide) groups is 1. The van der Waals surface area contributed by atoms with Crippen LogP contribution in [0.25, 0.3) is 17.1 Å². The highest BCUT2D eigenvalue weighted by molar-refractivity contribution is 7.99. The van der Waals surface area contributed by atoms with Crippen LogP contribution in [0.4, 0.5) is 5.69 Å². The summed E-state index contributed by atoms with van der Waals surface area (Å²) in [5.41, 5.74) is 5.04. The van der Waals surface area contributed by atoms with Gasteiger partial charge in [-0.15, -0.1) is 10.2 Å². The number of para-hydroxylation sites is 1. The van der Waals surface area contributed by atoms with Crippen molar-refractivity contribution in [2.75, 3.05) is 17.6 Å². The number of nitrogens with one attached hydrogen (secondary N) is 1. The Labute approximate surface area is 208 Å². The number of hydrogen-bond acceptors (Lipinski definition) is 5. The van der Waals surface area contributed by atoms with Gasteiger partial charge in [-0.25, -0.2) is 0 Å². The van der Waals surface area contributed by atoms with Crippen LogP contribution in [-0.2, 0) is 22.6 Å². The molecule has 0 unspecified atom stereocenters. The molecule has 8 heteroatoms. The topological polar surface area (TPSA) is 80.1 Å². The number of rotatable bonds is 6. The first-order valence-electron chi connectivity index (χ1n) is 11.4. The van der Waals surface area contributed by atoms with Crippen LogP contribution in [0.15, 0.2) is 84.0 Å². The summed E-state index contributed by atoms with van der Waals surface area (Å²) in [7, 11) is 0. The third kappa shape index (κ3) is 5.12. The fraction of sp³-hybridized carbons (Fsp3) is 0.185. The lowest BCUT2D eigenvalue weighted by molar-refractivity contribution is -0.129. The molecule has 176 valence electrons. The Morgan fingerprint density at radius 3 is 2.37 bits per heavy atom. The number of aromatic nitrogens is 3. The molecule has 2 heterocycles. The van der Waals surface area contributed by atoms with Crippen molar-refractivity contribution in [3.63, 3.8) is 0 Å². The van der Waals surface area contributed by atoms with Crippen LogP contribution >= 0.6 is 11.8 Å². The lowest BCUT2D eigenvalue weighted by Crippen LogP contribution is -2.37. The maximum atomic E-state index is 13.0. The summed E-state index contributed by atoms with van der Waals surface area (Å²) in [5.74, 6) is 0.931. The first-order valence-corrected chi connectivity index (χ1v) is 12.4. The van der Waals surface area contributed by atoms with Gasteiger partial charge in [0.2, 0.25) is 11.8 Å². The van der Waals surface area contributed by atoms with Gasteiger partial charge in [0.15, 0.2) is 11.0 Å². The summed E-state index contributed by atoms with van der Waals surface area (Å²) < 4.78 is 1.97. The second kappa shape index (κ2) is 10.1. The fourth-order valence-electron chi connectivity index (χ4n) is 4.19. The molecule has 5 rings (SSSR count). The Morgan fingerprint density at radius 1 is 0.914 bits per heavy atom. The Kier molecular flexibility index (Phi) is 6.63. The average Bonchev–Trinajstić information content (AvgIpc) is 3.31. The maximum absolute atomic E-state index is 13.0. The number of hydrogen-bond donors (Lipinski definition) is 1. The van der Waals surface area contributed by atoms with Gasteiger partial charge in [-0.1, -0.05) is 54.2 Å². The SMILES string of the molecule is CC(=O)Nc1ccc(-c2nnc(SCC(=O)N3CCc4ccccc4C3)n2-c2ccccc2)cc1. The molecule has 0 bridgehead atoms. The van der Waals surface area contributed by atoms with Crippen molar-refractivity contribution in [2.24, 2.45) is 0 Å². The van der Waals surface area contributed by atoms with E-state index < -0.39 is 0 Å². The van der Waals surface area contributed by atoms with Crippen molar-refractivity contribution in [3.8, 4) is 17.1 Å². The van der Waals surface area contributed by atoms with Gasteiger partial charge >= 0.3 is 0 Å². The molecule has 0 saturated heterocycles. The molecule has 1 aliphatic rings. The van der Waals surface area contributed by atoms with Crippen molar-refractivity contribution in [3.05, 3.63) is 90.0 Å². The zero-order valence-corrected chi connectivity index (χ0v) is 20.2. The van der Waals surface area contributed by atoms with Gasteiger partial charge in [0, 0.05) is 37.0 Å². The summed E-state index contributed by atoms with van der Waals surface area (Å²) in [6.07, 6.45) is 0.880. The Hall–Kier alpha value is -3.91. The van der Waals surface area contributed by atoms with E-state index in [9.17, 15) is 9.59 Å². The zero-order chi connectivity index (χ0) is 24.2. The van der Waals surface area contributed by atoms with Gasteiger partial charge in [0.1, 0.15) is 0 Å². The van der Waals surface area contributed by atoms with Crippen molar-refractivity contribution in [2.45, 2.75) is 25.0 Å². The number of carbonyl (C=O) groups is 2. The monoisotopic (exact) mass is 483 g/mol. The van der Waals surface area contributed by atoms with Crippen molar-refractivity contribution >= 4 is 29.3 Å². The highest BCUT2D eigenvalue weighted by Crippen LogP contribution is 2.29. The first-order chi connectivity index (χ1) is 17.1. The Bertz CT molecular complexity index is 1350. The Balaban J connectivity index is 1.37. The summed E-state index contributed by atoms with van der Waals surface area (Å²) in [6.45, 7) is 2.86. The average molecular weight is 484 g/mol. The summed E-state index contributed by atoms with van der Waals surface area (Å²) >= 11 is 1.39. The van der Waals surface area contributed by atoms with Crippen LogP contribution in [0.5, 0.6) is 0 Å². The smallest absolute Gasteiger partial charge is 0.233 e. The molecule has 7 nitrogen and oxygen atoms in total. The molecule has 2 amide bonds. The standard InChI is InChI=1S/C27H25N5O2S/c1-19(33)28-23-13-11-21(12-14-23)26-29-30-27(32(26)24-9-3-2-4-10-24)35-18-25(34)31-16-15-20-7-5-6-8-22(20)17-31/h2-14H,15-18H2,1H3,(H,28,33). The van der Waals surface area contributed by atoms with Crippen molar-refractivity contribution in [1.82, 2.24) is 19.7 Å². The second-order valence-corrected chi connectivity index (χ2v) is 9.30. The quantitative estimate of drug-likeness (QED) is 0.407. The van der Waals surface area contributed by atoms with E-state index in [-0.39, 0.29) is 17.6 Å². The number of nitrogens with zero attached hydrogens (tertiary/aromatic N) is 4. The normalized spacial score (nSPS) is 12.8. The molecule has 0 spiro atoms. The largest absolute Gasteiger partial charge is 0.337 e. The zero-order valence-electron chi connectivity index (χ0n) is 19.3. The molecule has 0 radical (unpaired) electrons. The van der Waals surface area contributed by atoms with E-state index in [1.165, 1.54) is 29.8 Å². The van der Waals surface area contributed by atoms with E-state index in [4.69, 9.17) is 0 Å². The molecule has 0 saturated carbocycles. The van der Waals surface area contributed by atoms with E-state index in [0.717, 1.165) is 29.9 Å². The molecule has 1 N–H and O–H groups in total. The van der Waals surface area contributed by atoms with Gasteiger partial charge in [0.25, 0.3) is 0 Å². The lowest BCUT2D eigenvalue weighted by atomic mass is 10.00. The predicted octanol–water partition coefficient (Wildman–Crippen LogP) is 4.57. The van der Waals surface area contributed by atoms with Gasteiger partial charge < -0.3 is 10.2 Å². The van der Waals surface area contributed by atoms with E-state index in [0.29, 0.717) is 17.5 Å². The number of benzene rings is 3. The van der Waals surface area contributed by atoms with Gasteiger partial charge in [-0.05, 0) is 53.9 Å². The van der Waals surface area contributed by atoms with Gasteiger partial charge in [-0.3, -0.25) is 14.2 Å². The molecular weight excluding hydrogens is 458 g/mol. The number of anilines is 1. The summed E-state index contributed by atoms with van der Waals surface area (Å²) in [6, 6.07) is 25.7. The molecule has 1 aliphatic heterocycles. The minimum absolute atomic E-state index is 0.0910. The van der Waals surface area contributed by atoms with Crippen LogP contribution in [0.1, 0.15) is 18.1 Å². The first kappa shape index (κ1) is 22.9. The molecule has 0 aliphatic carbocycles. The molecule has 35 heavy (non-hydrogen) atoms. The molecule has 1 aromatic heterocycles. The van der Waals surface area contributed by atoms with Crippen molar-refractivity contribution < 1.29 is 9.59 Å². The van der Waals surface area contributed by atoms with Crippen LogP contribution in [0.2, 0.25) is 0 Å². The third-order valence-corrected chi connectivity index (χ3v) is 6.83. The minimum atomic E-state index is -0.120. The summed E-state index contributed by atoms with van der Waals surface area (Å²) in [4.78, 5) is 26.3. The highest BCUT2D eigenvalue weighted by atomic mass is 32.2. The third-order valence-electron chi connectivity index (χ3n) is 5.92. The van der Waals surface area contributed by atoms with Crippen LogP contribution in [0.3, 0.4) is 0 Å². The second-order valence-electron chi connectivity index (χ2n) is 8.36. The van der Waals surface area contributed by atoms with Crippen LogP contribution in [0, 0.1) is 0 Å². The van der Waals surface area contributed by atoms with Gasteiger partial charge in [-0.2, -0.15) is 0 Å². The maximum Gasteiger partial charge on any atom is 0.233 e. The van der Waals surface area contributed by atoms with E-state index in [1.807, 2.05) is 76.2 Å². The number of carbonyl (C=O) groups excluding carboxylic acids is 2. The molecular formula is C27H25N5O2S. The van der Waals surface area contributed by atoms with E-state index in [1.54, 1.807) is 0 Å². The molecule has 0 atom stereocenters. The van der Waals surface area contributed by atoms with E-state index in [2.05, 4.69) is 27.6 Å². The summed E-state index contributed by atoms with van der Waals surface area (Å²) in [5, 5.41) is 12.3. The van der Waals surface area contributed by atoms with Crippen LogP contribution in [-0.4, -0.2) is 43.8 Å². The fourth-order valence-corrected chi connectivity index (χ4v) is 5.05. The van der Waals surface area contributed by atoms with Gasteiger partial charge in [0.05, 0.1) is 5.75 Å².